The summed E-state index contributed by atoms with van der Waals surface area (Å²) in [4.78, 5) is 20.5. The summed E-state index contributed by atoms with van der Waals surface area (Å²) in [5.41, 5.74) is 1.93. The minimum atomic E-state index is -0.387. The van der Waals surface area contributed by atoms with Crippen LogP contribution in [0.15, 0.2) is 23.6 Å². The Morgan fingerprint density at radius 2 is 2.25 bits per heavy atom. The van der Waals surface area contributed by atoms with Gasteiger partial charge in [-0.1, -0.05) is 11.2 Å². The molecule has 0 spiro atoms. The molecule has 0 aromatic carbocycles. The maximum atomic E-state index is 11.9. The fourth-order valence-electron chi connectivity index (χ4n) is 1.54. The Morgan fingerprint density at radius 3 is 3.00 bits per heavy atom. The molecule has 0 fully saturated rings. The molecule has 0 bridgehead atoms. The smallest absolute Gasteiger partial charge is 0.277 e. The van der Waals surface area contributed by atoms with E-state index in [1.807, 2.05) is 25.1 Å². The minimum absolute atomic E-state index is 0.109. The fraction of sp³-hybridized carbons (Fsp3) is 0.0909. The second-order valence-electron chi connectivity index (χ2n) is 3.89. The zero-order valence-corrected chi connectivity index (χ0v) is 11.2. The molecule has 20 heavy (non-hydrogen) atoms. The molecule has 0 saturated heterocycles. The number of thiazole rings is 1. The summed E-state index contributed by atoms with van der Waals surface area (Å²) in [6.45, 7) is 1.90. The third kappa shape index (κ3) is 2.52. The van der Waals surface area contributed by atoms with Gasteiger partial charge in [-0.05, 0) is 24.3 Å². The predicted molar refractivity (Wildman–Crippen MR) is 72.2 cm³/mol. The number of aryl methyl sites for hydroxylation is 1. The second kappa shape index (κ2) is 5.13. The number of pyridine rings is 1. The van der Waals surface area contributed by atoms with Crippen LogP contribution in [0.3, 0.4) is 0 Å². The van der Waals surface area contributed by atoms with E-state index in [0.29, 0.717) is 5.01 Å². The van der Waals surface area contributed by atoms with E-state index >= 15 is 0 Å². The van der Waals surface area contributed by atoms with Crippen molar-refractivity contribution in [2.24, 2.45) is 0 Å². The van der Waals surface area contributed by atoms with E-state index in [2.05, 4.69) is 35.9 Å². The van der Waals surface area contributed by atoms with Crippen LogP contribution in [0.5, 0.6) is 0 Å². The highest BCUT2D eigenvalue weighted by molar-refractivity contribution is 7.13. The maximum absolute atomic E-state index is 11.9. The number of nitrogens with one attached hydrogen (secondary N) is 2. The Bertz CT molecular complexity index is 737. The molecule has 0 atom stereocenters. The Kier molecular flexibility index (Phi) is 3.17. The van der Waals surface area contributed by atoms with Crippen molar-refractivity contribution in [2.45, 2.75) is 6.92 Å². The number of carbonyl (C=O) groups excluding carboxylic acids is 1. The van der Waals surface area contributed by atoms with Crippen LogP contribution in [0.2, 0.25) is 0 Å². The summed E-state index contributed by atoms with van der Waals surface area (Å²) in [6.07, 6.45) is 0. The number of carbonyl (C=O) groups is 1. The molecule has 3 rings (SSSR count). The van der Waals surface area contributed by atoms with E-state index in [4.69, 9.17) is 0 Å². The SMILES string of the molecule is Cc1cccc(-c2nc(C(=O)Nc3nn[nH]n3)cs2)n1. The molecule has 1 amide bonds. The van der Waals surface area contributed by atoms with Crippen LogP contribution in [-0.2, 0) is 0 Å². The third-order valence-electron chi connectivity index (χ3n) is 2.41. The predicted octanol–water partition coefficient (Wildman–Crippen LogP) is 1.28. The number of hydrogen-bond donors (Lipinski definition) is 2. The van der Waals surface area contributed by atoms with Gasteiger partial charge in [-0.15, -0.1) is 16.4 Å². The van der Waals surface area contributed by atoms with Gasteiger partial charge in [0.15, 0.2) is 0 Å². The molecule has 0 unspecified atom stereocenters. The lowest BCUT2D eigenvalue weighted by Crippen LogP contribution is -2.13. The quantitative estimate of drug-likeness (QED) is 0.751. The van der Waals surface area contributed by atoms with Gasteiger partial charge in [0.1, 0.15) is 10.7 Å². The van der Waals surface area contributed by atoms with Gasteiger partial charge in [0.05, 0.1) is 5.69 Å². The molecule has 3 aromatic heterocycles. The summed E-state index contributed by atoms with van der Waals surface area (Å²) in [5, 5.41) is 17.7. The van der Waals surface area contributed by atoms with Crippen molar-refractivity contribution in [3.05, 3.63) is 35.0 Å². The second-order valence-corrected chi connectivity index (χ2v) is 4.75. The molecule has 8 nitrogen and oxygen atoms in total. The van der Waals surface area contributed by atoms with Gasteiger partial charge in [-0.25, -0.2) is 4.98 Å². The number of aromatic amines is 1. The van der Waals surface area contributed by atoms with Crippen LogP contribution in [0.4, 0.5) is 5.95 Å². The number of rotatable bonds is 3. The zero-order chi connectivity index (χ0) is 13.9. The Labute approximate surface area is 117 Å². The van der Waals surface area contributed by atoms with Crippen LogP contribution in [0, 0.1) is 6.92 Å². The normalized spacial score (nSPS) is 10.4. The Hall–Kier alpha value is -2.68. The van der Waals surface area contributed by atoms with Gasteiger partial charge in [0, 0.05) is 11.1 Å². The topological polar surface area (TPSA) is 109 Å². The number of aromatic nitrogens is 6. The number of tetrazole rings is 1. The van der Waals surface area contributed by atoms with Gasteiger partial charge >= 0.3 is 0 Å². The average Bonchev–Trinajstić information content (AvgIpc) is 3.09. The summed E-state index contributed by atoms with van der Waals surface area (Å²) < 4.78 is 0. The third-order valence-corrected chi connectivity index (χ3v) is 3.28. The lowest BCUT2D eigenvalue weighted by Gasteiger charge is -1.97. The standard InChI is InChI=1S/C11H9N7OS/c1-6-3-2-4-7(12-6)10-13-8(5-20-10)9(19)14-11-15-17-18-16-11/h2-5H,1H3,(H2,14,15,16,17,18,19). The highest BCUT2D eigenvalue weighted by Crippen LogP contribution is 2.22. The van der Waals surface area contributed by atoms with E-state index in [1.54, 1.807) is 5.38 Å². The number of anilines is 1. The van der Waals surface area contributed by atoms with Crippen molar-refractivity contribution in [3.8, 4) is 10.7 Å². The van der Waals surface area contributed by atoms with Crippen molar-refractivity contribution in [1.82, 2.24) is 30.6 Å². The first-order valence-corrected chi connectivity index (χ1v) is 6.55. The first-order valence-electron chi connectivity index (χ1n) is 5.67. The molecule has 9 heteroatoms. The van der Waals surface area contributed by atoms with Gasteiger partial charge in [-0.2, -0.15) is 5.21 Å². The first-order chi connectivity index (χ1) is 9.72. The lowest BCUT2D eigenvalue weighted by atomic mass is 10.3. The summed E-state index contributed by atoms with van der Waals surface area (Å²) in [7, 11) is 0. The Balaban J connectivity index is 1.81. The average molecular weight is 287 g/mol. The van der Waals surface area contributed by atoms with E-state index in [9.17, 15) is 4.79 Å². The minimum Gasteiger partial charge on any atom is -0.286 e. The van der Waals surface area contributed by atoms with Crippen LogP contribution >= 0.6 is 11.3 Å². The molecule has 3 aromatic rings. The summed E-state index contributed by atoms with van der Waals surface area (Å²) >= 11 is 1.35. The summed E-state index contributed by atoms with van der Waals surface area (Å²) in [5.74, 6) is -0.278. The van der Waals surface area contributed by atoms with Gasteiger partial charge < -0.3 is 0 Å². The van der Waals surface area contributed by atoms with Crippen molar-refractivity contribution in [3.63, 3.8) is 0 Å². The van der Waals surface area contributed by atoms with Crippen molar-refractivity contribution < 1.29 is 4.79 Å². The molecule has 0 aliphatic rings. The maximum Gasteiger partial charge on any atom is 0.277 e. The van der Waals surface area contributed by atoms with Gasteiger partial charge in [-0.3, -0.25) is 15.1 Å². The van der Waals surface area contributed by atoms with Crippen LogP contribution in [-0.4, -0.2) is 36.5 Å². The van der Waals surface area contributed by atoms with Crippen molar-refractivity contribution >= 4 is 23.2 Å². The van der Waals surface area contributed by atoms with Crippen LogP contribution < -0.4 is 5.32 Å². The highest BCUT2D eigenvalue weighted by Gasteiger charge is 2.14. The van der Waals surface area contributed by atoms with Gasteiger partial charge in [0.25, 0.3) is 11.9 Å². The molecule has 0 saturated carbocycles. The first kappa shape index (κ1) is 12.4. The molecule has 3 heterocycles. The number of hydrogen-bond acceptors (Lipinski definition) is 7. The lowest BCUT2D eigenvalue weighted by molar-refractivity contribution is 0.102. The number of nitrogens with zero attached hydrogens (tertiary/aromatic N) is 5. The number of amides is 1. The Morgan fingerprint density at radius 1 is 1.35 bits per heavy atom. The molecule has 2 N–H and O–H groups in total. The monoisotopic (exact) mass is 287 g/mol. The largest absolute Gasteiger partial charge is 0.286 e. The molecule has 100 valence electrons. The van der Waals surface area contributed by atoms with Crippen molar-refractivity contribution in [2.75, 3.05) is 5.32 Å². The fourth-order valence-corrected chi connectivity index (χ4v) is 2.31. The van der Waals surface area contributed by atoms with E-state index in [-0.39, 0.29) is 17.5 Å². The molecule has 0 radical (unpaired) electrons. The van der Waals surface area contributed by atoms with Crippen LogP contribution in [0.1, 0.15) is 16.2 Å². The van der Waals surface area contributed by atoms with E-state index in [0.717, 1.165) is 11.4 Å². The summed E-state index contributed by atoms with van der Waals surface area (Å²) in [6, 6.07) is 5.66. The highest BCUT2D eigenvalue weighted by atomic mass is 32.1. The zero-order valence-electron chi connectivity index (χ0n) is 10.4. The molecule has 0 aliphatic carbocycles. The van der Waals surface area contributed by atoms with E-state index < -0.39 is 0 Å². The van der Waals surface area contributed by atoms with Crippen molar-refractivity contribution in [1.29, 1.82) is 0 Å². The molecular formula is C11H9N7OS. The molecule has 0 aliphatic heterocycles. The van der Waals surface area contributed by atoms with Crippen LogP contribution in [0.25, 0.3) is 10.7 Å². The van der Waals surface area contributed by atoms with E-state index in [1.165, 1.54) is 11.3 Å². The number of H-pyrrole nitrogens is 1. The van der Waals surface area contributed by atoms with Gasteiger partial charge in [0.2, 0.25) is 0 Å². The molecular weight excluding hydrogens is 278 g/mol.